The van der Waals surface area contributed by atoms with Crippen molar-refractivity contribution in [3.63, 3.8) is 0 Å². The Morgan fingerprint density at radius 1 is 1.50 bits per heavy atom. The van der Waals surface area contributed by atoms with Crippen molar-refractivity contribution in [3.8, 4) is 0 Å². The third-order valence-corrected chi connectivity index (χ3v) is 1.70. The molecule has 0 N–H and O–H groups in total. The average molecular weight is 107 g/mol. The van der Waals surface area contributed by atoms with Gasteiger partial charge in [0.2, 0.25) is 0 Å². The SMILES string of the molecule is C[B]C1=CCCCC1. The minimum atomic E-state index is 1.31. The van der Waals surface area contributed by atoms with E-state index in [1.54, 1.807) is 5.47 Å². The van der Waals surface area contributed by atoms with Gasteiger partial charge in [0.25, 0.3) is 0 Å². The van der Waals surface area contributed by atoms with Crippen LogP contribution in [0.1, 0.15) is 25.7 Å². The fourth-order valence-corrected chi connectivity index (χ4v) is 1.13. The van der Waals surface area contributed by atoms with Crippen molar-refractivity contribution >= 4 is 7.28 Å². The first-order valence-corrected chi connectivity index (χ1v) is 3.42. The second-order valence-corrected chi connectivity index (χ2v) is 2.31. The summed E-state index contributed by atoms with van der Waals surface area (Å²) in [6.07, 6.45) is 7.77. The molecule has 0 saturated heterocycles. The predicted octanol–water partition coefficient (Wildman–Crippen LogP) is 2.20. The Kier molecular flexibility index (Phi) is 2.19. The van der Waals surface area contributed by atoms with Crippen molar-refractivity contribution < 1.29 is 0 Å². The minimum Gasteiger partial charge on any atom is -0.113 e. The van der Waals surface area contributed by atoms with Gasteiger partial charge in [0.15, 0.2) is 0 Å². The molecule has 1 rings (SSSR count). The quantitative estimate of drug-likeness (QED) is 0.450. The molecule has 1 radical (unpaired) electrons. The summed E-state index contributed by atoms with van der Waals surface area (Å²) in [6.45, 7) is 2.12. The minimum absolute atomic E-state index is 1.31. The van der Waals surface area contributed by atoms with Gasteiger partial charge >= 0.3 is 0 Å². The van der Waals surface area contributed by atoms with Crippen LogP contribution < -0.4 is 0 Å². The van der Waals surface area contributed by atoms with Crippen molar-refractivity contribution in [1.29, 1.82) is 0 Å². The summed E-state index contributed by atoms with van der Waals surface area (Å²) in [4.78, 5) is 0. The van der Waals surface area contributed by atoms with Gasteiger partial charge in [-0.15, -0.1) is 5.47 Å². The second kappa shape index (κ2) is 2.96. The van der Waals surface area contributed by atoms with Crippen molar-refractivity contribution in [2.45, 2.75) is 32.5 Å². The van der Waals surface area contributed by atoms with Gasteiger partial charge in [-0.1, -0.05) is 19.3 Å². The zero-order chi connectivity index (χ0) is 5.82. The molecule has 1 aliphatic rings. The first kappa shape index (κ1) is 5.93. The van der Waals surface area contributed by atoms with Crippen LogP contribution in [-0.4, -0.2) is 7.28 Å². The molecule has 0 amide bonds. The summed E-state index contributed by atoms with van der Waals surface area (Å²) in [6, 6.07) is 0. The molecule has 0 bridgehead atoms. The van der Waals surface area contributed by atoms with Crippen LogP contribution in [-0.2, 0) is 0 Å². The van der Waals surface area contributed by atoms with Crippen molar-refractivity contribution in [2.24, 2.45) is 0 Å². The average Bonchev–Trinajstić information content (AvgIpc) is 1.90. The van der Waals surface area contributed by atoms with Crippen LogP contribution in [0.25, 0.3) is 0 Å². The van der Waals surface area contributed by atoms with Crippen LogP contribution >= 0.6 is 0 Å². The zero-order valence-electron chi connectivity index (χ0n) is 5.48. The fraction of sp³-hybridized carbons (Fsp3) is 0.714. The molecule has 1 aliphatic carbocycles. The van der Waals surface area contributed by atoms with Crippen LogP contribution in [0.15, 0.2) is 11.5 Å². The molecular formula is C7H12B. The highest BCUT2D eigenvalue weighted by Gasteiger charge is 1.99. The Balaban J connectivity index is 2.37. The lowest BCUT2D eigenvalue weighted by atomic mass is 9.68. The van der Waals surface area contributed by atoms with Gasteiger partial charge in [-0.3, -0.25) is 0 Å². The van der Waals surface area contributed by atoms with Gasteiger partial charge in [0, 0.05) is 0 Å². The zero-order valence-corrected chi connectivity index (χ0v) is 5.48. The van der Waals surface area contributed by atoms with Gasteiger partial charge in [-0.25, -0.2) is 0 Å². The Bertz CT molecular complexity index is 94.6. The first-order valence-electron chi connectivity index (χ1n) is 3.42. The van der Waals surface area contributed by atoms with Crippen LogP contribution in [0, 0.1) is 0 Å². The molecule has 43 valence electrons. The molecule has 0 heterocycles. The maximum atomic E-state index is 2.35. The van der Waals surface area contributed by atoms with Crippen LogP contribution in [0.5, 0.6) is 0 Å². The van der Waals surface area contributed by atoms with Gasteiger partial charge in [-0.05, 0) is 19.3 Å². The van der Waals surface area contributed by atoms with E-state index < -0.39 is 0 Å². The molecule has 0 nitrogen and oxygen atoms in total. The maximum Gasteiger partial charge on any atom is 0.142 e. The fourth-order valence-electron chi connectivity index (χ4n) is 1.13. The highest BCUT2D eigenvalue weighted by atomic mass is 14.0. The predicted molar refractivity (Wildman–Crippen MR) is 38.2 cm³/mol. The molecule has 1 heteroatoms. The molecule has 0 saturated carbocycles. The number of hydrogen-bond donors (Lipinski definition) is 0. The van der Waals surface area contributed by atoms with Crippen LogP contribution in [0.3, 0.4) is 0 Å². The van der Waals surface area contributed by atoms with Gasteiger partial charge in [0.1, 0.15) is 7.28 Å². The van der Waals surface area contributed by atoms with E-state index in [-0.39, 0.29) is 0 Å². The van der Waals surface area contributed by atoms with E-state index >= 15 is 0 Å². The van der Waals surface area contributed by atoms with E-state index in [0.29, 0.717) is 0 Å². The molecule has 0 atom stereocenters. The van der Waals surface area contributed by atoms with E-state index in [2.05, 4.69) is 20.2 Å². The molecule has 0 fully saturated rings. The third-order valence-electron chi connectivity index (χ3n) is 1.70. The van der Waals surface area contributed by atoms with Crippen LogP contribution in [0.4, 0.5) is 0 Å². The molecule has 0 unspecified atom stereocenters. The summed E-state index contributed by atoms with van der Waals surface area (Å²) < 4.78 is 0. The second-order valence-electron chi connectivity index (χ2n) is 2.31. The summed E-state index contributed by atoms with van der Waals surface area (Å²) in [5.41, 5.74) is 1.55. The van der Waals surface area contributed by atoms with Gasteiger partial charge in [-0.2, -0.15) is 0 Å². The normalized spacial score (nSPS) is 19.9. The number of rotatable bonds is 1. The van der Waals surface area contributed by atoms with Gasteiger partial charge in [0.05, 0.1) is 0 Å². The summed E-state index contributed by atoms with van der Waals surface area (Å²) in [5.74, 6) is 0. The lowest BCUT2D eigenvalue weighted by Gasteiger charge is -2.08. The summed E-state index contributed by atoms with van der Waals surface area (Å²) in [5, 5.41) is 0. The van der Waals surface area contributed by atoms with Crippen molar-refractivity contribution in [3.05, 3.63) is 11.5 Å². The van der Waals surface area contributed by atoms with E-state index in [1.807, 2.05) is 0 Å². The number of allylic oxidation sites excluding steroid dienone is 2. The maximum absolute atomic E-state index is 2.35. The van der Waals surface area contributed by atoms with E-state index in [9.17, 15) is 0 Å². The Morgan fingerprint density at radius 2 is 2.38 bits per heavy atom. The van der Waals surface area contributed by atoms with Crippen LogP contribution in [0.2, 0.25) is 6.82 Å². The molecule has 0 aliphatic heterocycles. The third kappa shape index (κ3) is 1.39. The lowest BCUT2D eigenvalue weighted by molar-refractivity contribution is 0.720. The molecule has 0 aromatic heterocycles. The van der Waals surface area contributed by atoms with E-state index in [4.69, 9.17) is 0 Å². The first-order chi connectivity index (χ1) is 3.93. The Hall–Kier alpha value is -0.195. The smallest absolute Gasteiger partial charge is 0.113 e. The highest BCUT2D eigenvalue weighted by molar-refractivity contribution is 6.43. The molecule has 0 aromatic rings. The van der Waals surface area contributed by atoms with Crippen molar-refractivity contribution in [2.75, 3.05) is 0 Å². The van der Waals surface area contributed by atoms with E-state index in [0.717, 1.165) is 0 Å². The monoisotopic (exact) mass is 107 g/mol. The summed E-state index contributed by atoms with van der Waals surface area (Å²) >= 11 is 0. The Labute approximate surface area is 52.2 Å². The van der Waals surface area contributed by atoms with E-state index in [1.165, 1.54) is 25.7 Å². The lowest BCUT2D eigenvalue weighted by Crippen LogP contribution is -1.95. The largest absolute Gasteiger partial charge is 0.142 e. The standard InChI is InChI=1S/C7H12B/c1-8-7-5-3-2-4-6-7/h5H,2-4,6H2,1H3. The molecule has 0 aromatic carbocycles. The molecule has 0 spiro atoms. The topological polar surface area (TPSA) is 0 Å². The highest BCUT2D eigenvalue weighted by Crippen LogP contribution is 2.15. The van der Waals surface area contributed by atoms with Gasteiger partial charge < -0.3 is 0 Å². The van der Waals surface area contributed by atoms with Crippen molar-refractivity contribution in [1.82, 2.24) is 0 Å². The molecular weight excluding hydrogens is 94.9 g/mol. The molecule has 8 heavy (non-hydrogen) atoms. The number of hydrogen-bond acceptors (Lipinski definition) is 0. The Morgan fingerprint density at radius 3 is 2.75 bits per heavy atom. The summed E-state index contributed by atoms with van der Waals surface area (Å²) in [7, 11) is 2.22.